The summed E-state index contributed by atoms with van der Waals surface area (Å²) in [6, 6.07) is 16.4. The second-order valence-corrected chi connectivity index (χ2v) is 9.21. The van der Waals surface area contributed by atoms with Crippen molar-refractivity contribution in [3.8, 4) is 0 Å². The molecule has 0 spiro atoms. The van der Waals surface area contributed by atoms with E-state index in [9.17, 15) is 0 Å². The molecule has 0 saturated heterocycles. The van der Waals surface area contributed by atoms with E-state index >= 15 is 0 Å². The molecule has 0 fully saturated rings. The van der Waals surface area contributed by atoms with Gasteiger partial charge in [0.05, 0.1) is 16.0 Å². The van der Waals surface area contributed by atoms with Crippen LogP contribution in [0.5, 0.6) is 0 Å². The van der Waals surface area contributed by atoms with E-state index in [0.717, 1.165) is 20.1 Å². The van der Waals surface area contributed by atoms with Gasteiger partial charge >= 0.3 is 0 Å². The van der Waals surface area contributed by atoms with Crippen molar-refractivity contribution < 1.29 is 4.42 Å². The summed E-state index contributed by atoms with van der Waals surface area (Å²) in [6.45, 7) is 0. The SMILES string of the molecule is Brc1ccc(CSc2nnc(CSc3nc4ccccc4s3)o2)cc1. The molecule has 0 amide bonds. The van der Waals surface area contributed by atoms with Crippen LogP contribution in [0.15, 0.2) is 67.0 Å². The van der Waals surface area contributed by atoms with E-state index in [1.165, 1.54) is 10.3 Å². The minimum Gasteiger partial charge on any atom is -0.415 e. The highest BCUT2D eigenvalue weighted by Crippen LogP contribution is 2.31. The Morgan fingerprint density at radius 3 is 2.64 bits per heavy atom. The predicted octanol–water partition coefficient (Wildman–Crippen LogP) is 6.03. The van der Waals surface area contributed by atoms with E-state index in [2.05, 4.69) is 49.3 Å². The van der Waals surface area contributed by atoms with Gasteiger partial charge in [-0.1, -0.05) is 63.7 Å². The van der Waals surface area contributed by atoms with Crippen molar-refractivity contribution in [3.05, 3.63) is 64.5 Å². The summed E-state index contributed by atoms with van der Waals surface area (Å²) < 4.78 is 9.00. The molecule has 4 rings (SSSR count). The number of thioether (sulfide) groups is 2. The number of halogens is 1. The van der Waals surface area contributed by atoms with Crippen molar-refractivity contribution in [1.82, 2.24) is 15.2 Å². The van der Waals surface area contributed by atoms with Gasteiger partial charge in [-0.25, -0.2) is 4.98 Å². The third kappa shape index (κ3) is 4.44. The molecule has 0 atom stereocenters. The smallest absolute Gasteiger partial charge is 0.276 e. The first-order chi connectivity index (χ1) is 12.3. The van der Waals surface area contributed by atoms with Crippen LogP contribution in [0.3, 0.4) is 0 Å². The number of fused-ring (bicyclic) bond motifs is 1. The largest absolute Gasteiger partial charge is 0.415 e. The first-order valence-electron chi connectivity index (χ1n) is 7.44. The standard InChI is InChI=1S/C17H12BrN3OS3/c18-12-7-5-11(6-8-12)9-23-16-21-20-15(22-16)10-24-17-19-13-3-1-2-4-14(13)25-17/h1-8H,9-10H2. The molecule has 126 valence electrons. The van der Waals surface area contributed by atoms with E-state index in [1.54, 1.807) is 34.9 Å². The molecule has 0 saturated carbocycles. The van der Waals surface area contributed by atoms with Gasteiger partial charge in [-0.05, 0) is 29.8 Å². The lowest BCUT2D eigenvalue weighted by atomic mass is 10.2. The van der Waals surface area contributed by atoms with Crippen molar-refractivity contribution >= 4 is 61.0 Å². The van der Waals surface area contributed by atoms with Crippen LogP contribution in [0.25, 0.3) is 10.2 Å². The van der Waals surface area contributed by atoms with Crippen LogP contribution in [0.4, 0.5) is 0 Å². The zero-order chi connectivity index (χ0) is 17.1. The zero-order valence-corrected chi connectivity index (χ0v) is 16.9. The summed E-state index contributed by atoms with van der Waals surface area (Å²) in [7, 11) is 0. The molecule has 2 aromatic heterocycles. The maximum Gasteiger partial charge on any atom is 0.276 e. The van der Waals surface area contributed by atoms with Crippen LogP contribution in [0.2, 0.25) is 0 Å². The fraction of sp³-hybridized carbons (Fsp3) is 0.118. The second kappa shape index (κ2) is 7.90. The molecule has 0 bridgehead atoms. The lowest BCUT2D eigenvalue weighted by Gasteiger charge is -1.98. The van der Waals surface area contributed by atoms with Crippen molar-refractivity contribution in [1.29, 1.82) is 0 Å². The fourth-order valence-corrected chi connectivity index (χ4v) is 5.02. The topological polar surface area (TPSA) is 51.8 Å². The number of rotatable bonds is 6. The molecule has 8 heteroatoms. The molecule has 25 heavy (non-hydrogen) atoms. The van der Waals surface area contributed by atoms with E-state index < -0.39 is 0 Å². The number of hydrogen-bond donors (Lipinski definition) is 0. The molecule has 0 aliphatic rings. The van der Waals surface area contributed by atoms with Crippen LogP contribution < -0.4 is 0 Å². The van der Waals surface area contributed by atoms with Crippen LogP contribution in [0.1, 0.15) is 11.5 Å². The van der Waals surface area contributed by atoms with Crippen LogP contribution in [0, 0.1) is 0 Å². The van der Waals surface area contributed by atoms with Crippen LogP contribution in [-0.4, -0.2) is 15.2 Å². The second-order valence-electron chi connectivity index (χ2n) is 5.11. The molecule has 0 radical (unpaired) electrons. The monoisotopic (exact) mass is 449 g/mol. The number of hydrogen-bond acceptors (Lipinski definition) is 7. The lowest BCUT2D eigenvalue weighted by Crippen LogP contribution is -1.80. The summed E-state index contributed by atoms with van der Waals surface area (Å²) in [6.07, 6.45) is 0. The molecular formula is C17H12BrN3OS3. The summed E-state index contributed by atoms with van der Waals surface area (Å²) in [4.78, 5) is 4.60. The molecular weight excluding hydrogens is 438 g/mol. The van der Waals surface area contributed by atoms with Crippen LogP contribution in [-0.2, 0) is 11.5 Å². The van der Waals surface area contributed by atoms with E-state index in [1.807, 2.05) is 30.3 Å². The summed E-state index contributed by atoms with van der Waals surface area (Å²) in [5, 5.41) is 8.83. The Labute approximate surface area is 165 Å². The predicted molar refractivity (Wildman–Crippen MR) is 107 cm³/mol. The van der Waals surface area contributed by atoms with E-state index in [-0.39, 0.29) is 0 Å². The van der Waals surface area contributed by atoms with Crippen molar-refractivity contribution in [3.63, 3.8) is 0 Å². The third-order valence-corrected chi connectivity index (χ3v) is 6.90. The Balaban J connectivity index is 1.33. The first-order valence-corrected chi connectivity index (χ1v) is 11.0. The molecule has 0 unspecified atom stereocenters. The Kier molecular flexibility index (Phi) is 5.40. The minimum absolute atomic E-state index is 0.600. The summed E-state index contributed by atoms with van der Waals surface area (Å²) in [5.74, 6) is 2.06. The average Bonchev–Trinajstić information content (AvgIpc) is 3.25. The maximum atomic E-state index is 5.71. The van der Waals surface area contributed by atoms with Gasteiger partial charge in [-0.15, -0.1) is 21.5 Å². The summed E-state index contributed by atoms with van der Waals surface area (Å²) >= 11 is 8.30. The summed E-state index contributed by atoms with van der Waals surface area (Å²) in [5.41, 5.74) is 2.25. The molecule has 4 aromatic rings. The van der Waals surface area contributed by atoms with E-state index in [0.29, 0.717) is 16.9 Å². The van der Waals surface area contributed by atoms with E-state index in [4.69, 9.17) is 4.42 Å². The Bertz CT molecular complexity index is 951. The molecule has 0 aliphatic heterocycles. The van der Waals surface area contributed by atoms with Gasteiger partial charge in [0.1, 0.15) is 0 Å². The van der Waals surface area contributed by atoms with Gasteiger partial charge in [-0.3, -0.25) is 0 Å². The number of para-hydroxylation sites is 1. The number of aromatic nitrogens is 3. The highest BCUT2D eigenvalue weighted by molar-refractivity contribution is 9.10. The number of benzene rings is 2. The van der Waals surface area contributed by atoms with Gasteiger partial charge in [0.15, 0.2) is 4.34 Å². The van der Waals surface area contributed by atoms with Gasteiger partial charge in [0, 0.05) is 10.2 Å². The van der Waals surface area contributed by atoms with Crippen molar-refractivity contribution in [2.24, 2.45) is 0 Å². The Hall–Kier alpha value is -1.35. The minimum atomic E-state index is 0.600. The van der Waals surface area contributed by atoms with Crippen molar-refractivity contribution in [2.45, 2.75) is 21.1 Å². The quantitative estimate of drug-likeness (QED) is 0.335. The first kappa shape index (κ1) is 17.1. The van der Waals surface area contributed by atoms with Gasteiger partial charge in [-0.2, -0.15) is 0 Å². The van der Waals surface area contributed by atoms with Gasteiger partial charge in [0.25, 0.3) is 5.22 Å². The average molecular weight is 450 g/mol. The van der Waals surface area contributed by atoms with Crippen LogP contribution >= 0.6 is 50.8 Å². The molecule has 2 aromatic carbocycles. The zero-order valence-electron chi connectivity index (χ0n) is 12.9. The highest BCUT2D eigenvalue weighted by atomic mass is 79.9. The normalized spacial score (nSPS) is 11.2. The molecule has 2 heterocycles. The highest BCUT2D eigenvalue weighted by Gasteiger charge is 2.10. The maximum absolute atomic E-state index is 5.71. The third-order valence-electron chi connectivity index (χ3n) is 3.32. The Morgan fingerprint density at radius 2 is 1.80 bits per heavy atom. The number of thiazole rings is 1. The molecule has 0 aliphatic carbocycles. The number of nitrogens with zero attached hydrogens (tertiary/aromatic N) is 3. The van der Waals surface area contributed by atoms with Gasteiger partial charge < -0.3 is 4.42 Å². The molecule has 4 nitrogen and oxygen atoms in total. The van der Waals surface area contributed by atoms with Gasteiger partial charge in [0.2, 0.25) is 5.89 Å². The van der Waals surface area contributed by atoms with Crippen molar-refractivity contribution in [2.75, 3.05) is 0 Å². The fourth-order valence-electron chi connectivity index (χ4n) is 2.12. The Morgan fingerprint density at radius 1 is 0.960 bits per heavy atom. The lowest BCUT2D eigenvalue weighted by molar-refractivity contribution is 0.426. The molecule has 0 N–H and O–H groups in total.